The zero-order chi connectivity index (χ0) is 22.1. The molecule has 30 heavy (non-hydrogen) atoms. The fourth-order valence-corrected chi connectivity index (χ4v) is 2.98. The van der Waals surface area contributed by atoms with Crippen LogP contribution in [0.2, 0.25) is 0 Å². The summed E-state index contributed by atoms with van der Waals surface area (Å²) in [5.74, 6) is -3.05. The highest BCUT2D eigenvalue weighted by Gasteiger charge is 2.36. The standard InChI is InChI=1S/C18H15BF4N2O5/c1-9-12(3-2-11-8-30-19(28)15(9)11)17(27)25-6-14(26)29-7-10-4-13(20)16(24-5-10)18(21,22)23/h2-5,28H,6-8H2,1H3,(H,25,27). The zero-order valence-corrected chi connectivity index (χ0v) is 15.5. The van der Waals surface area contributed by atoms with E-state index in [0.717, 1.165) is 11.8 Å². The molecule has 0 radical (unpaired) electrons. The molecule has 2 heterocycles. The zero-order valence-electron chi connectivity index (χ0n) is 15.5. The van der Waals surface area contributed by atoms with Crippen molar-refractivity contribution < 1.29 is 41.6 Å². The number of benzene rings is 1. The van der Waals surface area contributed by atoms with Gasteiger partial charge in [0.2, 0.25) is 0 Å². The highest BCUT2D eigenvalue weighted by Crippen LogP contribution is 2.29. The predicted octanol–water partition coefficient (Wildman–Crippen LogP) is 1.24. The molecule has 1 aromatic heterocycles. The number of esters is 1. The molecule has 1 aliphatic rings. The first-order valence-corrected chi connectivity index (χ1v) is 8.65. The number of hydrogen-bond donors (Lipinski definition) is 2. The summed E-state index contributed by atoms with van der Waals surface area (Å²) in [6.45, 7) is 0.824. The minimum atomic E-state index is -4.93. The number of carbonyl (C=O) groups excluding carboxylic acids is 2. The number of aromatic nitrogens is 1. The number of hydrogen-bond acceptors (Lipinski definition) is 6. The van der Waals surface area contributed by atoms with E-state index >= 15 is 0 Å². The van der Waals surface area contributed by atoms with Crippen LogP contribution in [0.5, 0.6) is 0 Å². The van der Waals surface area contributed by atoms with E-state index in [2.05, 4.69) is 10.3 Å². The average Bonchev–Trinajstić information content (AvgIpc) is 3.05. The lowest BCUT2D eigenvalue weighted by Gasteiger charge is -2.11. The molecule has 1 aromatic carbocycles. The number of rotatable bonds is 5. The highest BCUT2D eigenvalue weighted by molar-refractivity contribution is 6.62. The molecule has 7 nitrogen and oxygen atoms in total. The lowest BCUT2D eigenvalue weighted by atomic mass is 9.75. The number of pyridine rings is 1. The van der Waals surface area contributed by atoms with Crippen LogP contribution in [0.25, 0.3) is 0 Å². The molecule has 0 fully saturated rings. The summed E-state index contributed by atoms with van der Waals surface area (Å²) in [7, 11) is -1.13. The summed E-state index contributed by atoms with van der Waals surface area (Å²) in [6, 6.07) is 3.74. The van der Waals surface area contributed by atoms with Gasteiger partial charge in [-0.1, -0.05) is 6.07 Å². The first kappa shape index (κ1) is 21.7. The van der Waals surface area contributed by atoms with E-state index in [-0.39, 0.29) is 17.7 Å². The van der Waals surface area contributed by atoms with E-state index in [0.29, 0.717) is 17.1 Å². The third kappa shape index (κ3) is 4.60. The van der Waals surface area contributed by atoms with E-state index in [4.69, 9.17) is 9.39 Å². The SMILES string of the molecule is Cc1c(C(=O)NCC(=O)OCc2cnc(C(F)(F)F)c(F)c2)ccc2c1B(O)OC2. The maximum absolute atomic E-state index is 13.5. The predicted molar refractivity (Wildman–Crippen MR) is 94.9 cm³/mol. The number of ether oxygens (including phenoxy) is 1. The van der Waals surface area contributed by atoms with Gasteiger partial charge in [0.05, 0.1) is 6.61 Å². The van der Waals surface area contributed by atoms with Crippen LogP contribution >= 0.6 is 0 Å². The van der Waals surface area contributed by atoms with E-state index in [1.54, 1.807) is 13.0 Å². The van der Waals surface area contributed by atoms with Crippen molar-refractivity contribution in [3.05, 3.63) is 58.2 Å². The Hall–Kier alpha value is -2.99. The molecule has 3 rings (SSSR count). The van der Waals surface area contributed by atoms with Gasteiger partial charge in [0.25, 0.3) is 5.91 Å². The van der Waals surface area contributed by atoms with Gasteiger partial charge in [0.1, 0.15) is 13.2 Å². The molecular formula is C18H15BF4N2O5. The molecule has 0 bridgehead atoms. The van der Waals surface area contributed by atoms with Crippen molar-refractivity contribution in [1.29, 1.82) is 0 Å². The summed E-state index contributed by atoms with van der Waals surface area (Å²) < 4.78 is 60.8. The molecule has 1 aliphatic heterocycles. The van der Waals surface area contributed by atoms with Crippen LogP contribution in [0.1, 0.15) is 32.7 Å². The fraction of sp³-hybridized carbons (Fsp3) is 0.278. The van der Waals surface area contributed by atoms with Crippen LogP contribution in [0, 0.1) is 12.7 Å². The van der Waals surface area contributed by atoms with Gasteiger partial charge in [0, 0.05) is 17.3 Å². The second-order valence-electron chi connectivity index (χ2n) is 6.49. The van der Waals surface area contributed by atoms with Crippen LogP contribution in [0.15, 0.2) is 24.4 Å². The minimum Gasteiger partial charge on any atom is -0.459 e. The lowest BCUT2D eigenvalue weighted by Crippen LogP contribution is -2.35. The van der Waals surface area contributed by atoms with Gasteiger partial charge >= 0.3 is 19.3 Å². The lowest BCUT2D eigenvalue weighted by molar-refractivity contribution is -0.145. The maximum Gasteiger partial charge on any atom is 0.492 e. The van der Waals surface area contributed by atoms with Gasteiger partial charge < -0.3 is 19.7 Å². The Morgan fingerprint density at radius 2 is 2.10 bits per heavy atom. The van der Waals surface area contributed by atoms with Crippen molar-refractivity contribution >= 4 is 24.5 Å². The number of halogens is 4. The monoisotopic (exact) mass is 426 g/mol. The van der Waals surface area contributed by atoms with E-state index in [1.807, 2.05) is 0 Å². The van der Waals surface area contributed by atoms with Crippen molar-refractivity contribution in [3.8, 4) is 0 Å². The Kier molecular flexibility index (Phi) is 6.08. The third-order valence-corrected chi connectivity index (χ3v) is 4.45. The number of fused-ring (bicyclic) bond motifs is 1. The van der Waals surface area contributed by atoms with Crippen LogP contribution in [-0.4, -0.2) is 35.5 Å². The smallest absolute Gasteiger partial charge is 0.459 e. The van der Waals surface area contributed by atoms with Gasteiger partial charge in [-0.25, -0.2) is 9.37 Å². The molecule has 0 aliphatic carbocycles. The van der Waals surface area contributed by atoms with Crippen molar-refractivity contribution in [2.45, 2.75) is 26.3 Å². The molecular weight excluding hydrogens is 411 g/mol. The summed E-state index contributed by atoms with van der Waals surface area (Å²) in [5, 5.41) is 12.2. The summed E-state index contributed by atoms with van der Waals surface area (Å²) in [5.41, 5.74) is 0.263. The third-order valence-electron chi connectivity index (χ3n) is 4.45. The minimum absolute atomic E-state index is 0.0800. The fourth-order valence-electron chi connectivity index (χ4n) is 2.98. The van der Waals surface area contributed by atoms with Crippen molar-refractivity contribution in [1.82, 2.24) is 10.3 Å². The topological polar surface area (TPSA) is 97.8 Å². The molecule has 0 saturated carbocycles. The quantitative estimate of drug-likeness (QED) is 0.424. The van der Waals surface area contributed by atoms with Crippen LogP contribution in [0.3, 0.4) is 0 Å². The molecule has 12 heteroatoms. The normalized spacial score (nSPS) is 13.2. The Morgan fingerprint density at radius 1 is 1.37 bits per heavy atom. The number of alkyl halides is 3. The second kappa shape index (κ2) is 8.40. The van der Waals surface area contributed by atoms with Crippen molar-refractivity contribution in [2.24, 2.45) is 0 Å². The van der Waals surface area contributed by atoms with Crippen molar-refractivity contribution in [3.63, 3.8) is 0 Å². The molecule has 0 atom stereocenters. The molecule has 158 valence electrons. The van der Waals surface area contributed by atoms with E-state index < -0.39 is 49.8 Å². The first-order valence-electron chi connectivity index (χ1n) is 8.65. The Bertz CT molecular complexity index is 999. The van der Waals surface area contributed by atoms with E-state index in [9.17, 15) is 32.2 Å². The number of nitrogens with zero attached hydrogens (tertiary/aromatic N) is 1. The Morgan fingerprint density at radius 3 is 2.77 bits per heavy atom. The summed E-state index contributed by atoms with van der Waals surface area (Å²) in [4.78, 5) is 27.1. The summed E-state index contributed by atoms with van der Waals surface area (Å²) >= 11 is 0. The molecule has 0 spiro atoms. The largest absolute Gasteiger partial charge is 0.492 e. The first-order chi connectivity index (χ1) is 14.1. The molecule has 1 amide bonds. The van der Waals surface area contributed by atoms with Gasteiger partial charge in [-0.2, -0.15) is 13.2 Å². The molecule has 2 N–H and O–H groups in total. The second-order valence-corrected chi connectivity index (χ2v) is 6.49. The molecule has 0 saturated heterocycles. The van der Waals surface area contributed by atoms with Crippen LogP contribution < -0.4 is 10.8 Å². The van der Waals surface area contributed by atoms with Gasteiger partial charge in [-0.3, -0.25) is 9.59 Å². The number of nitrogens with one attached hydrogen (secondary N) is 1. The van der Waals surface area contributed by atoms with Gasteiger partial charge in [-0.05, 0) is 35.6 Å². The van der Waals surface area contributed by atoms with E-state index in [1.165, 1.54) is 6.07 Å². The maximum atomic E-state index is 13.5. The number of carbonyl (C=O) groups is 2. The van der Waals surface area contributed by atoms with Crippen molar-refractivity contribution in [2.75, 3.05) is 6.54 Å². The van der Waals surface area contributed by atoms with Crippen LogP contribution in [-0.2, 0) is 33.6 Å². The van der Waals surface area contributed by atoms with Crippen LogP contribution in [0.4, 0.5) is 17.6 Å². The van der Waals surface area contributed by atoms with Gasteiger partial charge in [0.15, 0.2) is 11.5 Å². The molecule has 0 unspecified atom stereocenters. The highest BCUT2D eigenvalue weighted by atomic mass is 19.4. The van der Waals surface area contributed by atoms with Gasteiger partial charge in [-0.15, -0.1) is 0 Å². The number of amides is 1. The Labute approximate surface area is 168 Å². The average molecular weight is 426 g/mol. The summed E-state index contributed by atoms with van der Waals surface area (Å²) in [6.07, 6.45) is -4.18. The Balaban J connectivity index is 1.55. The molecule has 2 aromatic rings.